The third kappa shape index (κ3) is 3.80. The Balaban J connectivity index is 1.46. The molecule has 1 aliphatic rings. The van der Waals surface area contributed by atoms with Gasteiger partial charge in [0.1, 0.15) is 5.58 Å². The highest BCUT2D eigenvalue weighted by Crippen LogP contribution is 2.29. The molecule has 1 amide bonds. The topological polar surface area (TPSA) is 49.9 Å². The number of carbonyl (C=O) groups excluding carboxylic acids is 1. The molecule has 5 nitrogen and oxygen atoms in total. The van der Waals surface area contributed by atoms with Crippen molar-refractivity contribution in [3.05, 3.63) is 59.3 Å². The van der Waals surface area contributed by atoms with E-state index < -0.39 is 0 Å². The normalized spacial score (nSPS) is 15.3. The van der Waals surface area contributed by atoms with Crippen molar-refractivity contribution in [2.45, 2.75) is 6.92 Å². The molecular weight excluding hydrogens is 362 g/mol. The molecule has 2 N–H and O–H groups in total. The first-order chi connectivity index (χ1) is 13.1. The van der Waals surface area contributed by atoms with Crippen LogP contribution in [0.15, 0.2) is 52.9 Å². The number of amides is 1. The van der Waals surface area contributed by atoms with Gasteiger partial charge < -0.3 is 19.5 Å². The van der Waals surface area contributed by atoms with Gasteiger partial charge in [-0.05, 0) is 37.3 Å². The second-order valence-electron chi connectivity index (χ2n) is 6.86. The smallest absolute Gasteiger partial charge is 0.291 e. The predicted molar refractivity (Wildman–Crippen MR) is 109 cm³/mol. The number of rotatable bonds is 4. The maximum absolute atomic E-state index is 12.5. The SMILES string of the molecule is CC[NH+]1CCN(c2ccc(NC(=O)c3cc4ccccc4o3)cc2Cl)CC1. The lowest BCUT2D eigenvalue weighted by atomic mass is 10.2. The molecule has 27 heavy (non-hydrogen) atoms. The summed E-state index contributed by atoms with van der Waals surface area (Å²) in [6, 6.07) is 15.0. The summed E-state index contributed by atoms with van der Waals surface area (Å²) in [5, 5.41) is 4.42. The zero-order chi connectivity index (χ0) is 18.8. The lowest BCUT2D eigenvalue weighted by molar-refractivity contribution is -0.898. The zero-order valence-corrected chi connectivity index (χ0v) is 16.1. The van der Waals surface area contributed by atoms with Gasteiger partial charge in [-0.1, -0.05) is 29.8 Å². The van der Waals surface area contributed by atoms with E-state index in [9.17, 15) is 4.79 Å². The Kier molecular flexibility index (Phi) is 5.05. The minimum atomic E-state index is -0.282. The van der Waals surface area contributed by atoms with E-state index in [0.29, 0.717) is 16.3 Å². The molecule has 0 saturated carbocycles. The Hall–Kier alpha value is -2.50. The summed E-state index contributed by atoms with van der Waals surface area (Å²) in [4.78, 5) is 16.4. The van der Waals surface area contributed by atoms with Gasteiger partial charge in [0.15, 0.2) is 5.76 Å². The average Bonchev–Trinajstić information content (AvgIpc) is 3.13. The number of hydrogen-bond donors (Lipinski definition) is 2. The number of para-hydroxylation sites is 1. The van der Waals surface area contributed by atoms with Crippen LogP contribution in [0.5, 0.6) is 0 Å². The van der Waals surface area contributed by atoms with Crippen molar-refractivity contribution in [1.82, 2.24) is 0 Å². The van der Waals surface area contributed by atoms with Gasteiger partial charge in [0.2, 0.25) is 0 Å². The van der Waals surface area contributed by atoms with Gasteiger partial charge in [0.25, 0.3) is 5.91 Å². The van der Waals surface area contributed by atoms with E-state index in [0.717, 1.165) is 43.8 Å². The highest BCUT2D eigenvalue weighted by molar-refractivity contribution is 6.33. The molecule has 0 aliphatic carbocycles. The number of anilines is 2. The van der Waals surface area contributed by atoms with Crippen molar-refractivity contribution in [3.8, 4) is 0 Å². The quantitative estimate of drug-likeness (QED) is 0.726. The van der Waals surface area contributed by atoms with Crippen LogP contribution in [0.25, 0.3) is 11.0 Å². The third-order valence-electron chi connectivity index (χ3n) is 5.17. The van der Waals surface area contributed by atoms with Gasteiger partial charge in [0.05, 0.1) is 43.4 Å². The van der Waals surface area contributed by atoms with E-state index >= 15 is 0 Å². The number of halogens is 1. The van der Waals surface area contributed by atoms with Gasteiger partial charge in [-0.15, -0.1) is 0 Å². The number of benzene rings is 2. The van der Waals surface area contributed by atoms with Crippen molar-refractivity contribution in [2.24, 2.45) is 0 Å². The highest BCUT2D eigenvalue weighted by atomic mass is 35.5. The van der Waals surface area contributed by atoms with Gasteiger partial charge in [-0.25, -0.2) is 0 Å². The van der Waals surface area contributed by atoms with E-state index in [1.54, 1.807) is 17.0 Å². The largest absolute Gasteiger partial charge is 0.451 e. The predicted octanol–water partition coefficient (Wildman–Crippen LogP) is 3.06. The molecule has 0 unspecified atom stereocenters. The fraction of sp³-hybridized carbons (Fsp3) is 0.286. The Bertz CT molecular complexity index is 928. The van der Waals surface area contributed by atoms with Crippen LogP contribution in [0.2, 0.25) is 5.02 Å². The van der Waals surface area contributed by atoms with E-state index in [1.165, 1.54) is 0 Å². The summed E-state index contributed by atoms with van der Waals surface area (Å²) in [5.41, 5.74) is 2.38. The summed E-state index contributed by atoms with van der Waals surface area (Å²) >= 11 is 6.50. The number of piperazine rings is 1. The molecule has 0 atom stereocenters. The van der Waals surface area contributed by atoms with Gasteiger partial charge in [-0.3, -0.25) is 4.79 Å². The number of likely N-dealkylation sites (N-methyl/N-ethyl adjacent to an activating group) is 1. The monoisotopic (exact) mass is 384 g/mol. The highest BCUT2D eigenvalue weighted by Gasteiger charge is 2.21. The summed E-state index contributed by atoms with van der Waals surface area (Å²) < 4.78 is 5.62. The van der Waals surface area contributed by atoms with E-state index in [-0.39, 0.29) is 11.7 Å². The Morgan fingerprint density at radius 3 is 2.67 bits per heavy atom. The van der Waals surface area contributed by atoms with Gasteiger partial charge in [0, 0.05) is 11.1 Å². The van der Waals surface area contributed by atoms with Crippen LogP contribution in [0.1, 0.15) is 17.5 Å². The second-order valence-corrected chi connectivity index (χ2v) is 7.27. The van der Waals surface area contributed by atoms with E-state index in [1.807, 2.05) is 36.4 Å². The zero-order valence-electron chi connectivity index (χ0n) is 15.3. The molecule has 0 bridgehead atoms. The fourth-order valence-electron chi connectivity index (χ4n) is 3.54. The number of nitrogens with zero attached hydrogens (tertiary/aromatic N) is 1. The lowest BCUT2D eigenvalue weighted by Crippen LogP contribution is -3.14. The molecule has 2 aromatic carbocycles. The summed E-state index contributed by atoms with van der Waals surface area (Å²) in [7, 11) is 0. The van der Waals surface area contributed by atoms with Crippen LogP contribution in [0.4, 0.5) is 11.4 Å². The average molecular weight is 385 g/mol. The first-order valence-electron chi connectivity index (χ1n) is 9.32. The maximum Gasteiger partial charge on any atom is 0.291 e. The Morgan fingerprint density at radius 2 is 1.96 bits per heavy atom. The minimum absolute atomic E-state index is 0.282. The molecule has 0 radical (unpaired) electrons. The van der Waals surface area contributed by atoms with Crippen LogP contribution in [0.3, 0.4) is 0 Å². The molecule has 2 heterocycles. The van der Waals surface area contributed by atoms with Crippen molar-refractivity contribution in [1.29, 1.82) is 0 Å². The Labute approximate surface area is 163 Å². The van der Waals surface area contributed by atoms with Crippen LogP contribution in [0, 0.1) is 0 Å². The molecular formula is C21H23ClN3O2+. The summed E-state index contributed by atoms with van der Waals surface area (Å²) in [6.07, 6.45) is 0. The summed E-state index contributed by atoms with van der Waals surface area (Å²) in [6.45, 7) is 7.61. The van der Waals surface area contributed by atoms with Crippen molar-refractivity contribution >= 4 is 39.9 Å². The first-order valence-corrected chi connectivity index (χ1v) is 9.70. The first kappa shape index (κ1) is 17.9. The molecule has 140 valence electrons. The molecule has 1 aliphatic heterocycles. The van der Waals surface area contributed by atoms with Crippen LogP contribution < -0.4 is 15.1 Å². The maximum atomic E-state index is 12.5. The second kappa shape index (κ2) is 7.62. The fourth-order valence-corrected chi connectivity index (χ4v) is 3.85. The number of fused-ring (bicyclic) bond motifs is 1. The standard InChI is InChI=1S/C21H22ClN3O2/c1-2-24-9-11-25(12-10-24)18-8-7-16(14-17(18)22)23-21(26)20-13-15-5-3-4-6-19(15)27-20/h3-8,13-14H,2,9-12H2,1H3,(H,23,26)/p+1. The van der Waals surface area contributed by atoms with Gasteiger partial charge in [-0.2, -0.15) is 0 Å². The molecule has 4 rings (SSSR count). The third-order valence-corrected chi connectivity index (χ3v) is 5.47. The number of hydrogen-bond acceptors (Lipinski definition) is 3. The summed E-state index contributed by atoms with van der Waals surface area (Å²) in [5.74, 6) is 0.00485. The van der Waals surface area contributed by atoms with Gasteiger partial charge >= 0.3 is 0 Å². The Morgan fingerprint density at radius 1 is 1.19 bits per heavy atom. The van der Waals surface area contributed by atoms with Crippen molar-refractivity contribution in [2.75, 3.05) is 42.9 Å². The number of furan rings is 1. The van der Waals surface area contributed by atoms with Crippen molar-refractivity contribution < 1.29 is 14.1 Å². The van der Waals surface area contributed by atoms with Crippen molar-refractivity contribution in [3.63, 3.8) is 0 Å². The number of nitrogens with one attached hydrogen (secondary N) is 2. The van der Waals surface area contributed by atoms with Crippen LogP contribution in [-0.2, 0) is 0 Å². The molecule has 1 aromatic heterocycles. The van der Waals surface area contributed by atoms with Crippen LogP contribution in [-0.4, -0.2) is 38.6 Å². The minimum Gasteiger partial charge on any atom is -0.451 e. The van der Waals surface area contributed by atoms with E-state index in [2.05, 4.69) is 17.1 Å². The number of quaternary nitrogens is 1. The lowest BCUT2D eigenvalue weighted by Gasteiger charge is -2.33. The van der Waals surface area contributed by atoms with E-state index in [4.69, 9.17) is 16.0 Å². The molecule has 3 aromatic rings. The molecule has 0 spiro atoms. The molecule has 1 fully saturated rings. The molecule has 1 saturated heterocycles. The molecule has 6 heteroatoms. The van der Waals surface area contributed by atoms with Crippen LogP contribution >= 0.6 is 11.6 Å². The number of carbonyl (C=O) groups is 1.